The lowest BCUT2D eigenvalue weighted by Gasteiger charge is -2.46. The lowest BCUT2D eigenvalue weighted by atomic mass is 9.78. The number of carbonyl (C=O) groups is 1. The highest BCUT2D eigenvalue weighted by molar-refractivity contribution is 5.77. The van der Waals surface area contributed by atoms with Gasteiger partial charge in [0.1, 0.15) is 6.54 Å². The average Bonchev–Trinajstić information content (AvgIpc) is 3.08. The highest BCUT2D eigenvalue weighted by atomic mass is 16.3. The molecule has 1 saturated heterocycles. The topological polar surface area (TPSA) is 83.3 Å². The molecule has 162 valence electrons. The number of hydrogen-bond donors (Lipinski definition) is 2. The van der Waals surface area contributed by atoms with Crippen LogP contribution in [-0.4, -0.2) is 49.9 Å². The molecule has 1 aliphatic heterocycles. The summed E-state index contributed by atoms with van der Waals surface area (Å²) in [5.41, 5.74) is 2.87. The van der Waals surface area contributed by atoms with Crippen LogP contribution < -0.4 is 5.32 Å². The van der Waals surface area contributed by atoms with E-state index < -0.39 is 11.6 Å². The molecule has 0 aliphatic carbocycles. The third-order valence-electron chi connectivity index (χ3n) is 5.98. The van der Waals surface area contributed by atoms with Gasteiger partial charge in [-0.1, -0.05) is 36.4 Å². The Bertz CT molecular complexity index is 1020. The fourth-order valence-electron chi connectivity index (χ4n) is 4.41. The number of likely N-dealkylation sites (tertiary alicyclic amines) is 1. The third-order valence-corrected chi connectivity index (χ3v) is 5.98. The van der Waals surface area contributed by atoms with Crippen LogP contribution in [0.25, 0.3) is 0 Å². The van der Waals surface area contributed by atoms with Crippen LogP contribution in [0.2, 0.25) is 0 Å². The fourth-order valence-corrected chi connectivity index (χ4v) is 4.41. The molecule has 0 spiro atoms. The number of benzene rings is 1. The number of rotatable bonds is 6. The molecule has 2 aromatic heterocycles. The summed E-state index contributed by atoms with van der Waals surface area (Å²) < 4.78 is 1.70. The maximum absolute atomic E-state index is 13.0. The van der Waals surface area contributed by atoms with Crippen molar-refractivity contribution in [3.8, 4) is 0 Å². The molecule has 31 heavy (non-hydrogen) atoms. The summed E-state index contributed by atoms with van der Waals surface area (Å²) in [6.45, 7) is 5.83. The number of nitrogens with zero attached hydrogens (tertiary/aromatic N) is 4. The predicted octanol–water partition coefficient (Wildman–Crippen LogP) is 2.17. The van der Waals surface area contributed by atoms with Gasteiger partial charge in [-0.05, 0) is 44.0 Å². The van der Waals surface area contributed by atoms with Crippen molar-refractivity contribution in [1.82, 2.24) is 25.0 Å². The normalized spacial score (nSPS) is 21.7. The van der Waals surface area contributed by atoms with Crippen LogP contribution in [0.5, 0.6) is 0 Å². The Hall–Kier alpha value is -3.03. The molecule has 0 saturated carbocycles. The third kappa shape index (κ3) is 4.68. The minimum Gasteiger partial charge on any atom is -0.389 e. The van der Waals surface area contributed by atoms with Gasteiger partial charge in [-0.3, -0.25) is 19.4 Å². The van der Waals surface area contributed by atoms with Gasteiger partial charge in [-0.2, -0.15) is 5.10 Å². The maximum atomic E-state index is 13.0. The van der Waals surface area contributed by atoms with Crippen molar-refractivity contribution in [2.24, 2.45) is 0 Å². The van der Waals surface area contributed by atoms with E-state index in [1.807, 2.05) is 68.4 Å². The summed E-state index contributed by atoms with van der Waals surface area (Å²) in [5, 5.41) is 18.9. The Morgan fingerprint density at radius 1 is 1.19 bits per heavy atom. The second-order valence-corrected chi connectivity index (χ2v) is 8.29. The lowest BCUT2D eigenvalue weighted by molar-refractivity contribution is -0.128. The number of hydrogen-bond acceptors (Lipinski definition) is 5. The van der Waals surface area contributed by atoms with Crippen molar-refractivity contribution in [2.45, 2.75) is 45.0 Å². The SMILES string of the molecule is Cc1cc(C)n(CC(=O)N[C@]2(c3ccccc3)CCN(Cc3ccccn3)C[C@H]2O)n1. The quantitative estimate of drug-likeness (QED) is 0.640. The highest BCUT2D eigenvalue weighted by Gasteiger charge is 2.44. The number of nitrogens with one attached hydrogen (secondary N) is 1. The molecule has 0 radical (unpaired) electrons. The second-order valence-electron chi connectivity index (χ2n) is 8.29. The zero-order valence-electron chi connectivity index (χ0n) is 18.0. The first kappa shape index (κ1) is 21.2. The van der Waals surface area contributed by atoms with Crippen LogP contribution in [0.15, 0.2) is 60.8 Å². The van der Waals surface area contributed by atoms with Crippen LogP contribution in [0.3, 0.4) is 0 Å². The van der Waals surface area contributed by atoms with Crippen LogP contribution in [0.1, 0.15) is 29.1 Å². The first-order chi connectivity index (χ1) is 15.0. The summed E-state index contributed by atoms with van der Waals surface area (Å²) in [5.74, 6) is -0.160. The van der Waals surface area contributed by atoms with E-state index in [9.17, 15) is 9.90 Å². The van der Waals surface area contributed by atoms with Crippen molar-refractivity contribution < 1.29 is 9.90 Å². The van der Waals surface area contributed by atoms with Crippen molar-refractivity contribution in [2.75, 3.05) is 13.1 Å². The monoisotopic (exact) mass is 419 g/mol. The smallest absolute Gasteiger partial charge is 0.242 e. The molecule has 1 aliphatic rings. The standard InChI is InChI=1S/C24H29N5O2/c1-18-14-19(2)29(27-18)17-23(31)26-24(20-8-4-3-5-9-20)11-13-28(16-22(24)30)15-21-10-6-7-12-25-21/h3-10,12,14,22,30H,11,13,15-17H2,1-2H3,(H,26,31)/t22-,24+/m1/s1. The molecule has 3 heterocycles. The first-order valence-corrected chi connectivity index (χ1v) is 10.6. The molecule has 1 fully saturated rings. The minimum absolute atomic E-state index is 0.124. The van der Waals surface area contributed by atoms with Gasteiger partial charge in [0.2, 0.25) is 5.91 Å². The number of β-amino-alcohol motifs (C(OH)–C–C–N with tert-alkyl or cyclic N) is 1. The van der Waals surface area contributed by atoms with Gasteiger partial charge in [0, 0.05) is 31.5 Å². The van der Waals surface area contributed by atoms with Crippen molar-refractivity contribution in [1.29, 1.82) is 0 Å². The Balaban J connectivity index is 1.53. The van der Waals surface area contributed by atoms with E-state index in [1.54, 1.807) is 10.9 Å². The van der Waals surface area contributed by atoms with Gasteiger partial charge < -0.3 is 10.4 Å². The molecular weight excluding hydrogens is 390 g/mol. The van der Waals surface area contributed by atoms with Crippen LogP contribution in [0.4, 0.5) is 0 Å². The maximum Gasteiger partial charge on any atom is 0.242 e. The molecule has 1 aromatic carbocycles. The molecule has 4 rings (SSSR count). The van der Waals surface area contributed by atoms with Crippen molar-refractivity contribution in [3.63, 3.8) is 0 Å². The molecule has 3 aromatic rings. The van der Waals surface area contributed by atoms with Crippen molar-refractivity contribution >= 4 is 5.91 Å². The van der Waals surface area contributed by atoms with E-state index >= 15 is 0 Å². The number of aromatic nitrogens is 3. The van der Waals surface area contributed by atoms with E-state index in [0.29, 0.717) is 19.5 Å². The fraction of sp³-hybridized carbons (Fsp3) is 0.375. The summed E-state index contributed by atoms with van der Waals surface area (Å²) in [7, 11) is 0. The number of aliphatic hydroxyl groups excluding tert-OH is 1. The number of aliphatic hydroxyl groups is 1. The highest BCUT2D eigenvalue weighted by Crippen LogP contribution is 2.34. The Labute approximate surface area is 182 Å². The Kier molecular flexibility index (Phi) is 6.15. The zero-order valence-corrected chi connectivity index (χ0v) is 18.0. The number of aryl methyl sites for hydroxylation is 2. The van der Waals surface area contributed by atoms with Crippen LogP contribution in [-0.2, 0) is 23.4 Å². The number of carbonyl (C=O) groups excluding carboxylic acids is 1. The van der Waals surface area contributed by atoms with E-state index in [0.717, 1.165) is 29.2 Å². The minimum atomic E-state index is -0.838. The van der Waals surface area contributed by atoms with Gasteiger partial charge in [0.15, 0.2) is 0 Å². The number of piperidine rings is 1. The molecule has 2 N–H and O–H groups in total. The van der Waals surface area contributed by atoms with Crippen molar-refractivity contribution in [3.05, 3.63) is 83.4 Å². The largest absolute Gasteiger partial charge is 0.389 e. The van der Waals surface area contributed by atoms with Gasteiger partial charge in [0.25, 0.3) is 0 Å². The molecule has 0 unspecified atom stereocenters. The molecule has 0 bridgehead atoms. The van der Waals surface area contributed by atoms with Gasteiger partial charge in [-0.15, -0.1) is 0 Å². The Morgan fingerprint density at radius 2 is 1.97 bits per heavy atom. The average molecular weight is 420 g/mol. The number of pyridine rings is 1. The van der Waals surface area contributed by atoms with E-state index in [-0.39, 0.29) is 12.5 Å². The Morgan fingerprint density at radius 3 is 2.61 bits per heavy atom. The summed E-state index contributed by atoms with van der Waals surface area (Å²) in [6, 6.07) is 17.6. The summed E-state index contributed by atoms with van der Waals surface area (Å²) in [4.78, 5) is 19.6. The second kappa shape index (κ2) is 8.99. The van der Waals surface area contributed by atoms with Gasteiger partial charge in [-0.25, -0.2) is 0 Å². The predicted molar refractivity (Wildman–Crippen MR) is 118 cm³/mol. The van der Waals surface area contributed by atoms with Gasteiger partial charge in [0.05, 0.1) is 23.0 Å². The van der Waals surface area contributed by atoms with Crippen LogP contribution >= 0.6 is 0 Å². The van der Waals surface area contributed by atoms with Crippen LogP contribution in [0, 0.1) is 13.8 Å². The molecule has 2 atom stereocenters. The molecule has 7 heteroatoms. The molecule has 7 nitrogen and oxygen atoms in total. The zero-order chi connectivity index (χ0) is 21.8. The van der Waals surface area contributed by atoms with Gasteiger partial charge >= 0.3 is 0 Å². The summed E-state index contributed by atoms with van der Waals surface area (Å²) in [6.07, 6.45) is 1.63. The van der Waals surface area contributed by atoms with E-state index in [1.165, 1.54) is 0 Å². The van der Waals surface area contributed by atoms with E-state index in [4.69, 9.17) is 0 Å². The molecule has 1 amide bonds. The molecular formula is C24H29N5O2. The number of amides is 1. The first-order valence-electron chi connectivity index (χ1n) is 10.6. The van der Waals surface area contributed by atoms with E-state index in [2.05, 4.69) is 20.3 Å². The lowest BCUT2D eigenvalue weighted by Crippen LogP contribution is -2.62. The summed E-state index contributed by atoms with van der Waals surface area (Å²) >= 11 is 0.